The first kappa shape index (κ1) is 27.7. The molecule has 4 fully saturated rings. The maximum atomic E-state index is 9.27. The molecule has 232 valence electrons. The molecular formula is C44H36N4. The second-order valence-corrected chi connectivity index (χ2v) is 14.2. The van der Waals surface area contributed by atoms with Gasteiger partial charge in [-0.15, -0.1) is 0 Å². The zero-order valence-electron chi connectivity index (χ0n) is 27.8. The summed E-state index contributed by atoms with van der Waals surface area (Å²) >= 11 is 0. The van der Waals surface area contributed by atoms with Crippen LogP contribution in [0.1, 0.15) is 51.0 Å². The molecule has 0 N–H and O–H groups in total. The molecule has 4 saturated carbocycles. The van der Waals surface area contributed by atoms with Crippen LogP contribution < -0.4 is 0 Å². The zero-order valence-corrected chi connectivity index (χ0v) is 26.8. The third kappa shape index (κ3) is 5.30. The van der Waals surface area contributed by atoms with Crippen molar-refractivity contribution < 1.29 is 1.37 Å². The molecule has 48 heavy (non-hydrogen) atoms. The SMILES string of the molecule is [2H]c1ccc(-c2ccc(-c3nc(-c4ccc(C56CC7CC(CC(C7)C5)C6)cc4)nc(-c4cccc(-c5ccc(C#N)cc5)c4)n3)cc2)cc1. The first-order chi connectivity index (χ1) is 24.0. The molecule has 0 spiro atoms. The lowest BCUT2D eigenvalue weighted by molar-refractivity contribution is -0.00518. The van der Waals surface area contributed by atoms with Gasteiger partial charge in [-0.2, -0.15) is 5.26 Å². The largest absolute Gasteiger partial charge is 0.208 e. The van der Waals surface area contributed by atoms with Crippen LogP contribution in [-0.4, -0.2) is 15.0 Å². The van der Waals surface area contributed by atoms with Crippen LogP contribution in [0.3, 0.4) is 0 Å². The number of aromatic nitrogens is 3. The molecular weight excluding hydrogens is 585 g/mol. The van der Waals surface area contributed by atoms with Gasteiger partial charge >= 0.3 is 0 Å². The molecule has 1 heterocycles. The summed E-state index contributed by atoms with van der Waals surface area (Å²) in [4.78, 5) is 15.2. The predicted octanol–water partition coefficient (Wildman–Crippen LogP) is 10.5. The Morgan fingerprint density at radius 2 is 0.958 bits per heavy atom. The van der Waals surface area contributed by atoms with Crippen LogP contribution in [0, 0.1) is 29.1 Å². The number of benzene rings is 5. The second-order valence-electron chi connectivity index (χ2n) is 14.2. The fourth-order valence-electron chi connectivity index (χ4n) is 9.17. The van der Waals surface area contributed by atoms with E-state index >= 15 is 0 Å². The lowest BCUT2D eigenvalue weighted by Gasteiger charge is -2.57. The molecule has 4 nitrogen and oxygen atoms in total. The molecule has 1 aromatic heterocycles. The molecule has 6 aromatic rings. The highest BCUT2D eigenvalue weighted by Gasteiger charge is 2.51. The van der Waals surface area contributed by atoms with Crippen molar-refractivity contribution in [1.82, 2.24) is 15.0 Å². The van der Waals surface area contributed by atoms with E-state index < -0.39 is 0 Å². The third-order valence-corrected chi connectivity index (χ3v) is 11.1. The number of hydrogen-bond acceptors (Lipinski definition) is 4. The summed E-state index contributed by atoms with van der Waals surface area (Å²) in [5, 5.41) is 9.27. The average molecular weight is 622 g/mol. The summed E-state index contributed by atoms with van der Waals surface area (Å²) in [7, 11) is 0. The van der Waals surface area contributed by atoms with Crippen LogP contribution in [0.2, 0.25) is 0 Å². The molecule has 4 bridgehead atoms. The number of nitrogens with zero attached hydrogens (tertiary/aromatic N) is 4. The highest BCUT2D eigenvalue weighted by molar-refractivity contribution is 5.74. The van der Waals surface area contributed by atoms with Crippen LogP contribution in [-0.2, 0) is 5.41 Å². The summed E-state index contributed by atoms with van der Waals surface area (Å²) in [6.45, 7) is 0. The maximum absolute atomic E-state index is 9.27. The van der Waals surface area contributed by atoms with E-state index in [-0.39, 0.29) is 0 Å². The molecule has 0 atom stereocenters. The van der Waals surface area contributed by atoms with Crippen LogP contribution in [0.25, 0.3) is 56.4 Å². The molecule has 4 heteroatoms. The van der Waals surface area contributed by atoms with Crippen molar-refractivity contribution in [2.24, 2.45) is 17.8 Å². The minimum atomic E-state index is 0.345. The van der Waals surface area contributed by atoms with Gasteiger partial charge in [0.25, 0.3) is 0 Å². The Morgan fingerprint density at radius 3 is 1.54 bits per heavy atom. The van der Waals surface area contributed by atoms with Gasteiger partial charge in [0.15, 0.2) is 17.5 Å². The van der Waals surface area contributed by atoms with Gasteiger partial charge in [0.2, 0.25) is 0 Å². The fourth-order valence-corrected chi connectivity index (χ4v) is 9.17. The van der Waals surface area contributed by atoms with Gasteiger partial charge in [0.05, 0.1) is 13.0 Å². The Labute approximate surface area is 283 Å². The van der Waals surface area contributed by atoms with Crippen LogP contribution in [0.5, 0.6) is 0 Å². The summed E-state index contributed by atoms with van der Waals surface area (Å²) in [6.07, 6.45) is 8.36. The summed E-state index contributed by atoms with van der Waals surface area (Å²) in [5.74, 6) is 4.63. The van der Waals surface area contributed by atoms with E-state index in [9.17, 15) is 5.26 Å². The lowest BCUT2D eigenvalue weighted by atomic mass is 9.48. The van der Waals surface area contributed by atoms with Crippen molar-refractivity contribution in [3.63, 3.8) is 0 Å². The lowest BCUT2D eigenvalue weighted by Crippen LogP contribution is -2.48. The van der Waals surface area contributed by atoms with Crippen molar-refractivity contribution in [3.8, 4) is 62.5 Å². The molecule has 5 aromatic carbocycles. The number of rotatable bonds is 6. The molecule has 0 amide bonds. The quantitative estimate of drug-likeness (QED) is 0.186. The highest BCUT2D eigenvalue weighted by atomic mass is 15.0. The standard InChI is InChI=1S/C44H36N4/c45-28-29-9-11-35(12-10-29)38-7-4-8-39(24-38)43-47-41(36-15-13-34(14-16-36)33-5-2-1-3-6-33)46-42(48-43)37-17-19-40(20-18-37)44-25-30-21-31(26-44)23-32(22-30)27-44/h1-20,24,30-32H,21-23,25-27H2/i1D. The zero-order chi connectivity index (χ0) is 33.0. The minimum absolute atomic E-state index is 0.345. The minimum Gasteiger partial charge on any atom is -0.208 e. The van der Waals surface area contributed by atoms with Gasteiger partial charge in [-0.25, -0.2) is 15.0 Å². The van der Waals surface area contributed by atoms with Crippen molar-refractivity contribution in [1.29, 1.82) is 5.26 Å². The van der Waals surface area contributed by atoms with Crippen molar-refractivity contribution in [2.45, 2.75) is 43.9 Å². The van der Waals surface area contributed by atoms with Crippen LogP contribution in [0.4, 0.5) is 0 Å². The highest BCUT2D eigenvalue weighted by Crippen LogP contribution is 2.60. The van der Waals surface area contributed by atoms with Gasteiger partial charge in [0, 0.05) is 16.7 Å². The smallest absolute Gasteiger partial charge is 0.164 e. The van der Waals surface area contributed by atoms with E-state index in [4.69, 9.17) is 16.3 Å². The average Bonchev–Trinajstić information content (AvgIpc) is 3.15. The van der Waals surface area contributed by atoms with E-state index in [0.29, 0.717) is 34.5 Å². The number of hydrogen-bond donors (Lipinski definition) is 0. The molecule has 0 unspecified atom stereocenters. The van der Waals surface area contributed by atoms with Gasteiger partial charge in [-0.1, -0.05) is 109 Å². The van der Waals surface area contributed by atoms with Gasteiger partial charge in [-0.05, 0) is 108 Å². The van der Waals surface area contributed by atoms with Crippen molar-refractivity contribution in [3.05, 3.63) is 138 Å². The number of nitriles is 1. The van der Waals surface area contributed by atoms with Gasteiger partial charge in [0.1, 0.15) is 0 Å². The molecule has 0 saturated heterocycles. The fraction of sp³-hybridized carbons (Fsp3) is 0.227. The first-order valence-corrected chi connectivity index (χ1v) is 17.2. The Kier molecular flexibility index (Phi) is 6.74. The Morgan fingerprint density at radius 1 is 0.521 bits per heavy atom. The van der Waals surface area contributed by atoms with Crippen molar-refractivity contribution in [2.75, 3.05) is 0 Å². The maximum Gasteiger partial charge on any atom is 0.164 e. The second kappa shape index (κ2) is 11.7. The third-order valence-electron chi connectivity index (χ3n) is 11.1. The molecule has 0 radical (unpaired) electrons. The Balaban J connectivity index is 1.10. The molecule has 4 aliphatic carbocycles. The molecule has 0 aliphatic heterocycles. The topological polar surface area (TPSA) is 62.5 Å². The van der Waals surface area contributed by atoms with E-state index in [1.54, 1.807) is 0 Å². The first-order valence-electron chi connectivity index (χ1n) is 17.7. The van der Waals surface area contributed by atoms with E-state index in [0.717, 1.165) is 56.7 Å². The van der Waals surface area contributed by atoms with Crippen LogP contribution in [0.15, 0.2) is 127 Å². The molecule has 4 aliphatic rings. The van der Waals surface area contributed by atoms with Crippen molar-refractivity contribution >= 4 is 0 Å². The Hall–Kier alpha value is -5.40. The van der Waals surface area contributed by atoms with E-state index in [1.807, 2.05) is 60.7 Å². The summed E-state index contributed by atoms with van der Waals surface area (Å²) in [6, 6.07) is 43.7. The van der Waals surface area contributed by atoms with E-state index in [1.165, 1.54) is 44.1 Å². The summed E-state index contributed by atoms with van der Waals surface area (Å²) in [5.41, 5.74) is 9.51. The monoisotopic (exact) mass is 621 g/mol. The van der Waals surface area contributed by atoms with E-state index in [2.05, 4.69) is 66.7 Å². The van der Waals surface area contributed by atoms with Gasteiger partial charge in [-0.3, -0.25) is 0 Å². The van der Waals surface area contributed by atoms with Gasteiger partial charge < -0.3 is 0 Å². The summed E-state index contributed by atoms with van der Waals surface area (Å²) < 4.78 is 7.83. The predicted molar refractivity (Wildman–Crippen MR) is 192 cm³/mol. The Bertz CT molecular complexity index is 2160. The normalized spacial score (nSPS) is 22.6. The molecule has 10 rings (SSSR count). The van der Waals surface area contributed by atoms with Crippen LogP contribution >= 0.6 is 0 Å².